The van der Waals surface area contributed by atoms with Gasteiger partial charge in [0.25, 0.3) is 0 Å². The summed E-state index contributed by atoms with van der Waals surface area (Å²) in [6.07, 6.45) is 0. The number of nitrogen functional groups attached to an aromatic ring is 1. The maximum atomic E-state index is 5.65. The molecule has 0 spiro atoms. The van der Waals surface area contributed by atoms with E-state index in [1.54, 1.807) is 0 Å². The molecular weight excluding hydrogens is 206 g/mol. The van der Waals surface area contributed by atoms with Gasteiger partial charge < -0.3 is 16.4 Å². The van der Waals surface area contributed by atoms with Crippen LogP contribution in [0.1, 0.15) is 13.8 Å². The summed E-state index contributed by atoms with van der Waals surface area (Å²) in [6, 6.07) is 7.52. The zero-order valence-corrected chi connectivity index (χ0v) is 9.90. The highest BCUT2D eigenvalue weighted by Crippen LogP contribution is 2.11. The van der Waals surface area contributed by atoms with Crippen LogP contribution >= 0.6 is 12.2 Å². The lowest BCUT2D eigenvalue weighted by molar-refractivity contribution is 0.627. The molecule has 0 saturated heterocycles. The van der Waals surface area contributed by atoms with E-state index < -0.39 is 0 Å². The minimum Gasteiger partial charge on any atom is -0.399 e. The molecular formula is C11H17N3S. The van der Waals surface area contributed by atoms with Crippen molar-refractivity contribution in [2.45, 2.75) is 13.8 Å². The van der Waals surface area contributed by atoms with Gasteiger partial charge in [0, 0.05) is 17.9 Å². The summed E-state index contributed by atoms with van der Waals surface area (Å²) in [5.41, 5.74) is 7.29. The zero-order valence-electron chi connectivity index (χ0n) is 9.08. The highest BCUT2D eigenvalue weighted by atomic mass is 32.1. The van der Waals surface area contributed by atoms with E-state index in [1.807, 2.05) is 24.3 Å². The topological polar surface area (TPSA) is 50.1 Å². The second kappa shape index (κ2) is 5.56. The average Bonchev–Trinajstić information content (AvgIpc) is 2.15. The van der Waals surface area contributed by atoms with Gasteiger partial charge in [-0.25, -0.2) is 0 Å². The summed E-state index contributed by atoms with van der Waals surface area (Å²) in [6.45, 7) is 5.14. The molecule has 0 radical (unpaired) electrons. The van der Waals surface area contributed by atoms with Gasteiger partial charge in [-0.2, -0.15) is 0 Å². The summed E-state index contributed by atoms with van der Waals surface area (Å²) < 4.78 is 0. The van der Waals surface area contributed by atoms with Gasteiger partial charge in [-0.05, 0) is 36.3 Å². The van der Waals surface area contributed by atoms with E-state index >= 15 is 0 Å². The van der Waals surface area contributed by atoms with Gasteiger partial charge in [0.05, 0.1) is 0 Å². The number of hydrogen-bond donors (Lipinski definition) is 3. The van der Waals surface area contributed by atoms with Gasteiger partial charge in [0.1, 0.15) is 0 Å². The van der Waals surface area contributed by atoms with Crippen molar-refractivity contribution in [3.63, 3.8) is 0 Å². The van der Waals surface area contributed by atoms with E-state index in [4.69, 9.17) is 18.0 Å². The smallest absolute Gasteiger partial charge is 0.170 e. The fourth-order valence-corrected chi connectivity index (χ4v) is 1.29. The van der Waals surface area contributed by atoms with E-state index in [0.29, 0.717) is 11.0 Å². The second-order valence-electron chi connectivity index (χ2n) is 3.85. The first kappa shape index (κ1) is 11.8. The lowest BCUT2D eigenvalue weighted by Crippen LogP contribution is -2.31. The zero-order chi connectivity index (χ0) is 11.3. The average molecular weight is 223 g/mol. The lowest BCUT2D eigenvalue weighted by Gasteiger charge is -2.12. The Morgan fingerprint density at radius 2 is 2.20 bits per heavy atom. The Bertz CT molecular complexity index is 336. The van der Waals surface area contributed by atoms with Crippen molar-refractivity contribution in [2.24, 2.45) is 5.92 Å². The molecule has 82 valence electrons. The fourth-order valence-electron chi connectivity index (χ4n) is 1.09. The Morgan fingerprint density at radius 3 is 2.80 bits per heavy atom. The third kappa shape index (κ3) is 4.65. The van der Waals surface area contributed by atoms with Crippen molar-refractivity contribution >= 4 is 28.7 Å². The van der Waals surface area contributed by atoms with Crippen LogP contribution in [0, 0.1) is 5.92 Å². The number of nitrogens with two attached hydrogens (primary N) is 1. The van der Waals surface area contributed by atoms with E-state index in [9.17, 15) is 0 Å². The van der Waals surface area contributed by atoms with Crippen molar-refractivity contribution < 1.29 is 0 Å². The molecule has 4 heteroatoms. The van der Waals surface area contributed by atoms with Crippen molar-refractivity contribution in [1.82, 2.24) is 5.32 Å². The number of rotatable bonds is 3. The molecule has 4 N–H and O–H groups in total. The molecule has 15 heavy (non-hydrogen) atoms. The third-order valence-electron chi connectivity index (χ3n) is 1.82. The van der Waals surface area contributed by atoms with Gasteiger partial charge in [-0.3, -0.25) is 0 Å². The first-order chi connectivity index (χ1) is 7.08. The molecule has 0 atom stereocenters. The molecule has 0 aromatic heterocycles. The Kier molecular flexibility index (Phi) is 4.37. The van der Waals surface area contributed by atoms with Crippen LogP contribution in [0.2, 0.25) is 0 Å². The molecule has 0 heterocycles. The van der Waals surface area contributed by atoms with Crippen molar-refractivity contribution in [3.05, 3.63) is 24.3 Å². The van der Waals surface area contributed by atoms with E-state index in [0.717, 1.165) is 17.9 Å². The first-order valence-corrected chi connectivity index (χ1v) is 5.39. The van der Waals surface area contributed by atoms with Crippen LogP contribution in [0.5, 0.6) is 0 Å². The van der Waals surface area contributed by atoms with Crippen molar-refractivity contribution in [1.29, 1.82) is 0 Å². The van der Waals surface area contributed by atoms with Crippen LogP contribution in [0.25, 0.3) is 0 Å². The van der Waals surface area contributed by atoms with Crippen LogP contribution in [0.4, 0.5) is 11.4 Å². The quantitative estimate of drug-likeness (QED) is 0.543. The normalized spacial score (nSPS) is 10.1. The SMILES string of the molecule is CC(C)CNC(=S)Nc1cccc(N)c1. The van der Waals surface area contributed by atoms with Gasteiger partial charge in [0.2, 0.25) is 0 Å². The third-order valence-corrected chi connectivity index (χ3v) is 2.06. The van der Waals surface area contributed by atoms with Gasteiger partial charge in [0.15, 0.2) is 5.11 Å². The lowest BCUT2D eigenvalue weighted by atomic mass is 10.2. The van der Waals surface area contributed by atoms with E-state index in [2.05, 4.69) is 24.5 Å². The molecule has 0 aliphatic carbocycles. The number of anilines is 2. The molecule has 0 aliphatic heterocycles. The van der Waals surface area contributed by atoms with Gasteiger partial charge >= 0.3 is 0 Å². The predicted octanol–water partition coefficient (Wildman–Crippen LogP) is 2.21. The molecule has 1 aromatic carbocycles. The maximum absolute atomic E-state index is 5.65. The minimum absolute atomic E-state index is 0.575. The van der Waals surface area contributed by atoms with Gasteiger partial charge in [-0.1, -0.05) is 19.9 Å². The molecule has 0 bridgehead atoms. The van der Waals surface area contributed by atoms with Crippen molar-refractivity contribution in [3.8, 4) is 0 Å². The van der Waals surface area contributed by atoms with Crippen LogP contribution in [-0.2, 0) is 0 Å². The Morgan fingerprint density at radius 1 is 1.47 bits per heavy atom. The highest BCUT2D eigenvalue weighted by Gasteiger charge is 1.98. The molecule has 0 aliphatic rings. The summed E-state index contributed by atoms with van der Waals surface area (Å²) in [4.78, 5) is 0. The largest absolute Gasteiger partial charge is 0.399 e. The van der Waals surface area contributed by atoms with Crippen LogP contribution in [-0.4, -0.2) is 11.7 Å². The second-order valence-corrected chi connectivity index (χ2v) is 4.26. The summed E-state index contributed by atoms with van der Waals surface area (Å²) >= 11 is 5.13. The Hall–Kier alpha value is -1.29. The number of hydrogen-bond acceptors (Lipinski definition) is 2. The number of thiocarbonyl (C=S) groups is 1. The molecule has 0 saturated carbocycles. The van der Waals surface area contributed by atoms with Gasteiger partial charge in [-0.15, -0.1) is 0 Å². The summed E-state index contributed by atoms with van der Waals surface area (Å²) in [5, 5.41) is 6.84. The molecule has 0 amide bonds. The molecule has 1 rings (SSSR count). The van der Waals surface area contributed by atoms with E-state index in [1.165, 1.54) is 0 Å². The molecule has 0 fully saturated rings. The van der Waals surface area contributed by atoms with Crippen LogP contribution < -0.4 is 16.4 Å². The minimum atomic E-state index is 0.575. The van der Waals surface area contributed by atoms with Crippen LogP contribution in [0.15, 0.2) is 24.3 Å². The Labute approximate surface area is 96.1 Å². The monoisotopic (exact) mass is 223 g/mol. The fraction of sp³-hybridized carbons (Fsp3) is 0.364. The first-order valence-electron chi connectivity index (χ1n) is 4.98. The Balaban J connectivity index is 2.44. The molecule has 0 unspecified atom stereocenters. The predicted molar refractivity (Wildman–Crippen MR) is 69.9 cm³/mol. The van der Waals surface area contributed by atoms with E-state index in [-0.39, 0.29) is 0 Å². The molecule has 1 aromatic rings. The number of nitrogens with one attached hydrogen (secondary N) is 2. The summed E-state index contributed by atoms with van der Waals surface area (Å²) in [7, 11) is 0. The molecule has 3 nitrogen and oxygen atoms in total. The number of benzene rings is 1. The standard InChI is InChI=1S/C11H17N3S/c1-8(2)7-13-11(15)14-10-5-3-4-9(12)6-10/h3-6,8H,7,12H2,1-2H3,(H2,13,14,15). The van der Waals surface area contributed by atoms with Crippen molar-refractivity contribution in [2.75, 3.05) is 17.6 Å². The maximum Gasteiger partial charge on any atom is 0.170 e. The summed E-state index contributed by atoms with van der Waals surface area (Å²) in [5.74, 6) is 0.575. The highest BCUT2D eigenvalue weighted by molar-refractivity contribution is 7.80. The van der Waals surface area contributed by atoms with Crippen LogP contribution in [0.3, 0.4) is 0 Å².